The molecule has 1 aromatic carbocycles. The van der Waals surface area contributed by atoms with E-state index < -0.39 is 0 Å². The molecule has 1 aliphatic carbocycles. The van der Waals surface area contributed by atoms with Crippen molar-refractivity contribution in [2.75, 3.05) is 5.84 Å². The van der Waals surface area contributed by atoms with Gasteiger partial charge in [0, 0.05) is 11.6 Å². The van der Waals surface area contributed by atoms with Crippen LogP contribution < -0.4 is 11.2 Å². The molecule has 1 fully saturated rings. The highest BCUT2D eigenvalue weighted by Gasteiger charge is 2.26. The maximum Gasteiger partial charge on any atom is 0.233 e. The van der Waals surface area contributed by atoms with Gasteiger partial charge in [0.15, 0.2) is 5.82 Å². The second-order valence-electron chi connectivity index (χ2n) is 7.18. The van der Waals surface area contributed by atoms with Crippen LogP contribution in [0.5, 0.6) is 0 Å². The van der Waals surface area contributed by atoms with Crippen LogP contribution in [0.4, 0.5) is 0 Å². The van der Waals surface area contributed by atoms with Crippen molar-refractivity contribution in [1.82, 2.24) is 20.2 Å². The molecular formula is C19H27N5OS. The summed E-state index contributed by atoms with van der Waals surface area (Å²) in [6.07, 6.45) is 4.70. The summed E-state index contributed by atoms with van der Waals surface area (Å²) in [5.74, 6) is 7.34. The lowest BCUT2D eigenvalue weighted by Crippen LogP contribution is -2.44. The number of carbonyl (C=O) groups is 1. The number of nitrogens with zero attached hydrogens (tertiary/aromatic N) is 3. The molecule has 6 nitrogen and oxygen atoms in total. The smallest absolute Gasteiger partial charge is 0.233 e. The number of nitrogens with one attached hydrogen (secondary N) is 1. The number of carbonyl (C=O) groups excluding carboxylic acids is 1. The summed E-state index contributed by atoms with van der Waals surface area (Å²) in [6.45, 7) is 6.13. The molecule has 3 atom stereocenters. The summed E-state index contributed by atoms with van der Waals surface area (Å²) in [5, 5.41) is 11.8. The van der Waals surface area contributed by atoms with Crippen molar-refractivity contribution in [2.24, 2.45) is 5.92 Å². The Kier molecular flexibility index (Phi) is 5.86. The fraction of sp³-hybridized carbons (Fsp3) is 0.526. The van der Waals surface area contributed by atoms with E-state index in [0.717, 1.165) is 12.0 Å². The van der Waals surface area contributed by atoms with E-state index in [-0.39, 0.29) is 17.2 Å². The lowest BCUT2D eigenvalue weighted by atomic mass is 9.86. The van der Waals surface area contributed by atoms with Gasteiger partial charge in [0.2, 0.25) is 11.1 Å². The Hall–Kier alpha value is -2.02. The fourth-order valence-corrected chi connectivity index (χ4v) is 4.08. The molecule has 3 rings (SSSR count). The molecule has 1 aliphatic rings. The molecule has 0 saturated heterocycles. The Morgan fingerprint density at radius 1 is 1.27 bits per heavy atom. The van der Waals surface area contributed by atoms with Crippen molar-refractivity contribution in [3.63, 3.8) is 0 Å². The monoisotopic (exact) mass is 373 g/mol. The first kappa shape index (κ1) is 18.8. The maximum absolute atomic E-state index is 12.6. The quantitative estimate of drug-likeness (QED) is 0.621. The van der Waals surface area contributed by atoms with E-state index in [4.69, 9.17) is 5.84 Å². The van der Waals surface area contributed by atoms with Crippen LogP contribution in [0, 0.1) is 12.8 Å². The van der Waals surface area contributed by atoms with Gasteiger partial charge in [-0.3, -0.25) is 4.79 Å². The minimum absolute atomic E-state index is 0.0358. The molecule has 0 aliphatic heterocycles. The minimum atomic E-state index is -0.276. The van der Waals surface area contributed by atoms with E-state index >= 15 is 0 Å². The molecule has 1 heterocycles. The van der Waals surface area contributed by atoms with Gasteiger partial charge in [0.25, 0.3) is 0 Å². The summed E-state index contributed by atoms with van der Waals surface area (Å²) < 4.78 is 1.46. The van der Waals surface area contributed by atoms with Crippen LogP contribution in [-0.4, -0.2) is 32.1 Å². The highest BCUT2D eigenvalue weighted by molar-refractivity contribution is 8.00. The maximum atomic E-state index is 12.6. The third-order valence-corrected chi connectivity index (χ3v) is 6.12. The molecule has 0 radical (unpaired) electrons. The molecule has 1 aromatic heterocycles. The van der Waals surface area contributed by atoms with Gasteiger partial charge in [0.1, 0.15) is 0 Å². The first-order valence-corrected chi connectivity index (χ1v) is 10.1. The normalized spacial score (nSPS) is 21.3. The predicted octanol–water partition coefficient (Wildman–Crippen LogP) is 3.14. The molecule has 0 bridgehead atoms. The molecule has 3 N–H and O–H groups in total. The van der Waals surface area contributed by atoms with Gasteiger partial charge < -0.3 is 11.2 Å². The van der Waals surface area contributed by atoms with Crippen molar-refractivity contribution in [1.29, 1.82) is 0 Å². The molecule has 7 heteroatoms. The van der Waals surface area contributed by atoms with Gasteiger partial charge in [-0.1, -0.05) is 61.4 Å². The molecular weight excluding hydrogens is 346 g/mol. The largest absolute Gasteiger partial charge is 0.352 e. The van der Waals surface area contributed by atoms with Crippen LogP contribution in [0.2, 0.25) is 0 Å². The lowest BCUT2D eigenvalue weighted by molar-refractivity contribution is -0.121. The number of aryl methyl sites for hydroxylation is 1. The Bertz CT molecular complexity index is 758. The fourth-order valence-electron chi connectivity index (χ4n) is 3.30. The summed E-state index contributed by atoms with van der Waals surface area (Å²) in [6, 6.07) is 8.24. The zero-order chi connectivity index (χ0) is 18.7. The predicted molar refractivity (Wildman–Crippen MR) is 105 cm³/mol. The van der Waals surface area contributed by atoms with E-state index in [1.807, 2.05) is 38.1 Å². The molecule has 1 amide bonds. The van der Waals surface area contributed by atoms with E-state index in [2.05, 4.69) is 22.4 Å². The van der Waals surface area contributed by atoms with Crippen LogP contribution in [0.3, 0.4) is 0 Å². The van der Waals surface area contributed by atoms with Gasteiger partial charge >= 0.3 is 0 Å². The molecule has 0 unspecified atom stereocenters. The minimum Gasteiger partial charge on any atom is -0.352 e. The van der Waals surface area contributed by atoms with E-state index in [1.165, 1.54) is 41.3 Å². The van der Waals surface area contributed by atoms with Crippen LogP contribution in [0.25, 0.3) is 11.4 Å². The molecule has 2 aromatic rings. The average molecular weight is 374 g/mol. The second kappa shape index (κ2) is 8.12. The number of aromatic nitrogens is 3. The number of amides is 1. The van der Waals surface area contributed by atoms with Crippen molar-refractivity contribution in [2.45, 2.75) is 62.9 Å². The molecule has 1 saturated carbocycles. The van der Waals surface area contributed by atoms with Gasteiger partial charge in [-0.15, -0.1) is 10.2 Å². The summed E-state index contributed by atoms with van der Waals surface area (Å²) in [7, 11) is 0. The zero-order valence-electron chi connectivity index (χ0n) is 15.6. The average Bonchev–Trinajstić information content (AvgIpc) is 2.98. The Labute approximate surface area is 158 Å². The summed E-state index contributed by atoms with van der Waals surface area (Å²) >= 11 is 1.34. The first-order valence-electron chi connectivity index (χ1n) is 9.20. The number of nitrogens with two attached hydrogens (primary N) is 1. The van der Waals surface area contributed by atoms with Crippen molar-refractivity contribution in [3.05, 3.63) is 29.8 Å². The van der Waals surface area contributed by atoms with E-state index in [9.17, 15) is 4.79 Å². The Morgan fingerprint density at radius 3 is 2.65 bits per heavy atom. The second-order valence-corrected chi connectivity index (χ2v) is 8.49. The summed E-state index contributed by atoms with van der Waals surface area (Å²) in [4.78, 5) is 12.6. The highest BCUT2D eigenvalue weighted by Crippen LogP contribution is 2.27. The third-order valence-electron chi connectivity index (χ3n) is 5.06. The number of hydrogen-bond donors (Lipinski definition) is 2. The SMILES string of the molecule is Cc1ccc(-c2nnc(S[C@@H](C)C(=O)N[C@H]3CCCC[C@@H]3C)n2N)cc1. The Balaban J connectivity index is 1.65. The molecule has 26 heavy (non-hydrogen) atoms. The topological polar surface area (TPSA) is 85.8 Å². The number of benzene rings is 1. The number of nitrogen functional groups attached to an aromatic ring is 1. The van der Waals surface area contributed by atoms with Crippen molar-refractivity contribution in [3.8, 4) is 11.4 Å². The first-order chi connectivity index (χ1) is 12.5. The van der Waals surface area contributed by atoms with Crippen LogP contribution in [-0.2, 0) is 4.79 Å². The van der Waals surface area contributed by atoms with Crippen molar-refractivity contribution < 1.29 is 4.79 Å². The lowest BCUT2D eigenvalue weighted by Gasteiger charge is -2.30. The highest BCUT2D eigenvalue weighted by atomic mass is 32.2. The summed E-state index contributed by atoms with van der Waals surface area (Å²) in [5.41, 5.74) is 2.08. The third kappa shape index (κ3) is 4.20. The number of hydrogen-bond acceptors (Lipinski definition) is 5. The van der Waals surface area contributed by atoms with Crippen LogP contribution in [0.1, 0.15) is 45.1 Å². The van der Waals surface area contributed by atoms with Gasteiger partial charge in [-0.2, -0.15) is 0 Å². The van der Waals surface area contributed by atoms with Gasteiger partial charge in [-0.25, -0.2) is 4.68 Å². The standard InChI is InChI=1S/C19H27N5OS/c1-12-8-10-15(11-9-12)17-22-23-19(24(17)20)26-14(3)18(25)21-16-7-5-4-6-13(16)2/h8-11,13-14,16H,4-7,20H2,1-3H3,(H,21,25)/t13-,14-,16-/m0/s1. The molecule has 0 spiro atoms. The van der Waals surface area contributed by atoms with E-state index in [1.54, 1.807) is 0 Å². The van der Waals surface area contributed by atoms with E-state index in [0.29, 0.717) is 16.9 Å². The van der Waals surface area contributed by atoms with Gasteiger partial charge in [0.05, 0.1) is 5.25 Å². The number of thioether (sulfide) groups is 1. The van der Waals surface area contributed by atoms with Crippen LogP contribution in [0.15, 0.2) is 29.4 Å². The number of rotatable bonds is 5. The van der Waals surface area contributed by atoms with Gasteiger partial charge in [-0.05, 0) is 32.6 Å². The van der Waals surface area contributed by atoms with Crippen molar-refractivity contribution >= 4 is 17.7 Å². The zero-order valence-corrected chi connectivity index (χ0v) is 16.4. The van der Waals surface area contributed by atoms with Crippen LogP contribution >= 0.6 is 11.8 Å². The Morgan fingerprint density at radius 2 is 1.96 bits per heavy atom. The molecule has 140 valence electrons.